The fraction of sp³-hybridized carbons (Fsp3) is 0.300. The first kappa shape index (κ1) is 19.2. The number of halogens is 2. The first-order valence-electron chi connectivity index (χ1n) is 8.15. The van der Waals surface area contributed by atoms with Crippen LogP contribution in [0.25, 0.3) is 0 Å². The largest absolute Gasteiger partial charge is 0.389 e. The van der Waals surface area contributed by atoms with Crippen molar-refractivity contribution in [3.8, 4) is 0 Å². The third-order valence-electron chi connectivity index (χ3n) is 3.69. The molecule has 0 aromatic heterocycles. The van der Waals surface area contributed by atoms with Gasteiger partial charge in [0.2, 0.25) is 0 Å². The molecule has 0 heterocycles. The monoisotopic (exact) mass is 347 g/mol. The van der Waals surface area contributed by atoms with Gasteiger partial charge in [-0.05, 0) is 23.8 Å². The van der Waals surface area contributed by atoms with Crippen LogP contribution in [0.15, 0.2) is 61.2 Å². The Kier molecular flexibility index (Phi) is 7.73. The van der Waals surface area contributed by atoms with E-state index in [2.05, 4.69) is 6.58 Å². The number of hydrogen-bond donors (Lipinski definition) is 1. The minimum atomic E-state index is -0.716. The van der Waals surface area contributed by atoms with E-state index in [9.17, 15) is 13.9 Å². The summed E-state index contributed by atoms with van der Waals surface area (Å²) in [4.78, 5) is 1.91. The average Bonchev–Trinajstić information content (AvgIpc) is 2.59. The molecule has 1 unspecified atom stereocenters. The smallest absolute Gasteiger partial charge is 0.127 e. The number of aliphatic hydroxyl groups is 1. The number of aliphatic hydroxyl groups excluding tert-OH is 1. The number of hydrogen-bond acceptors (Lipinski definition) is 3. The molecule has 0 aliphatic rings. The van der Waals surface area contributed by atoms with E-state index in [1.54, 1.807) is 36.4 Å². The van der Waals surface area contributed by atoms with Gasteiger partial charge in [-0.25, -0.2) is 8.78 Å². The van der Waals surface area contributed by atoms with Crippen LogP contribution in [0.5, 0.6) is 0 Å². The van der Waals surface area contributed by atoms with Gasteiger partial charge >= 0.3 is 0 Å². The van der Waals surface area contributed by atoms with Gasteiger partial charge in [0.1, 0.15) is 11.6 Å². The maximum Gasteiger partial charge on any atom is 0.127 e. The Morgan fingerprint density at radius 3 is 2.48 bits per heavy atom. The lowest BCUT2D eigenvalue weighted by Gasteiger charge is -2.25. The zero-order chi connectivity index (χ0) is 18.1. The van der Waals surface area contributed by atoms with Gasteiger partial charge in [-0.1, -0.05) is 36.4 Å². The van der Waals surface area contributed by atoms with Crippen LogP contribution in [-0.4, -0.2) is 35.9 Å². The molecule has 2 aromatic rings. The van der Waals surface area contributed by atoms with E-state index >= 15 is 0 Å². The summed E-state index contributed by atoms with van der Waals surface area (Å²) in [6.07, 6.45) is 0.898. The third kappa shape index (κ3) is 6.74. The maximum atomic E-state index is 14.0. The molecule has 0 aliphatic heterocycles. The first-order chi connectivity index (χ1) is 12.1. The molecule has 1 N–H and O–H groups in total. The second-order valence-corrected chi connectivity index (χ2v) is 5.87. The molecule has 0 radical (unpaired) electrons. The molecule has 0 aliphatic carbocycles. The van der Waals surface area contributed by atoms with Crippen molar-refractivity contribution in [3.05, 3.63) is 83.9 Å². The molecule has 5 heteroatoms. The summed E-state index contributed by atoms with van der Waals surface area (Å²) in [7, 11) is 0. The molecule has 25 heavy (non-hydrogen) atoms. The highest BCUT2D eigenvalue weighted by atomic mass is 19.1. The molecular formula is C20H23F2NO2. The van der Waals surface area contributed by atoms with Crippen molar-refractivity contribution in [2.45, 2.75) is 19.2 Å². The van der Waals surface area contributed by atoms with E-state index < -0.39 is 6.10 Å². The van der Waals surface area contributed by atoms with Crippen LogP contribution in [0.2, 0.25) is 0 Å². The predicted molar refractivity (Wildman–Crippen MR) is 93.9 cm³/mol. The van der Waals surface area contributed by atoms with Crippen LogP contribution in [0.3, 0.4) is 0 Å². The van der Waals surface area contributed by atoms with E-state index in [1.807, 2.05) is 4.90 Å². The number of benzene rings is 2. The van der Waals surface area contributed by atoms with Crippen LogP contribution in [0.4, 0.5) is 8.78 Å². The van der Waals surface area contributed by atoms with Crippen molar-refractivity contribution in [3.63, 3.8) is 0 Å². The van der Waals surface area contributed by atoms with Gasteiger partial charge in [-0.3, -0.25) is 4.90 Å². The Hall–Kier alpha value is -2.08. The average molecular weight is 347 g/mol. The highest BCUT2D eigenvalue weighted by molar-refractivity contribution is 5.19. The molecule has 0 saturated heterocycles. The Labute approximate surface area is 147 Å². The predicted octanol–water partition coefficient (Wildman–Crippen LogP) is 3.53. The summed E-state index contributed by atoms with van der Waals surface area (Å²) in [5.41, 5.74) is 1.43. The summed E-state index contributed by atoms with van der Waals surface area (Å²) < 4.78 is 32.3. The molecule has 0 spiro atoms. The third-order valence-corrected chi connectivity index (χ3v) is 3.69. The second kappa shape index (κ2) is 10.0. The molecule has 0 saturated carbocycles. The highest BCUT2D eigenvalue weighted by Crippen LogP contribution is 2.14. The van der Waals surface area contributed by atoms with Crippen molar-refractivity contribution in [1.29, 1.82) is 0 Å². The first-order valence-corrected chi connectivity index (χ1v) is 8.15. The Bertz CT molecular complexity index is 661. The van der Waals surface area contributed by atoms with Gasteiger partial charge in [0.05, 0.1) is 19.3 Å². The van der Waals surface area contributed by atoms with Crippen molar-refractivity contribution in [2.75, 3.05) is 19.8 Å². The minimum absolute atomic E-state index is 0.170. The fourth-order valence-corrected chi connectivity index (χ4v) is 2.54. The summed E-state index contributed by atoms with van der Waals surface area (Å²) in [6.45, 7) is 5.20. The van der Waals surface area contributed by atoms with Crippen LogP contribution in [-0.2, 0) is 17.8 Å². The van der Waals surface area contributed by atoms with E-state index in [4.69, 9.17) is 4.74 Å². The second-order valence-electron chi connectivity index (χ2n) is 5.87. The summed E-state index contributed by atoms with van der Waals surface area (Å²) in [5, 5.41) is 10.2. The van der Waals surface area contributed by atoms with Crippen molar-refractivity contribution >= 4 is 0 Å². The molecule has 2 rings (SSSR count). The highest BCUT2D eigenvalue weighted by Gasteiger charge is 2.15. The van der Waals surface area contributed by atoms with Crippen LogP contribution in [0.1, 0.15) is 11.1 Å². The van der Waals surface area contributed by atoms with E-state index in [-0.39, 0.29) is 18.2 Å². The zero-order valence-corrected chi connectivity index (χ0v) is 14.1. The van der Waals surface area contributed by atoms with Gasteiger partial charge in [-0.15, -0.1) is 6.58 Å². The molecule has 0 amide bonds. The number of rotatable bonds is 10. The topological polar surface area (TPSA) is 32.7 Å². The lowest BCUT2D eigenvalue weighted by atomic mass is 10.1. The van der Waals surface area contributed by atoms with Crippen molar-refractivity contribution in [1.82, 2.24) is 4.90 Å². The van der Waals surface area contributed by atoms with E-state index in [0.29, 0.717) is 31.8 Å². The van der Waals surface area contributed by atoms with Gasteiger partial charge < -0.3 is 9.84 Å². The summed E-state index contributed by atoms with van der Waals surface area (Å²) in [6, 6.07) is 12.7. The van der Waals surface area contributed by atoms with Crippen molar-refractivity contribution in [2.24, 2.45) is 0 Å². The normalized spacial score (nSPS) is 12.3. The summed E-state index contributed by atoms with van der Waals surface area (Å²) >= 11 is 0. The Balaban J connectivity index is 2.05. The van der Waals surface area contributed by atoms with Gasteiger partial charge in [0.15, 0.2) is 0 Å². The Morgan fingerprint density at radius 1 is 1.08 bits per heavy atom. The van der Waals surface area contributed by atoms with Gasteiger partial charge in [-0.2, -0.15) is 0 Å². The van der Waals surface area contributed by atoms with Crippen LogP contribution < -0.4 is 0 Å². The molecular weight excluding hydrogens is 324 g/mol. The van der Waals surface area contributed by atoms with Crippen LogP contribution in [0, 0.1) is 11.6 Å². The van der Waals surface area contributed by atoms with Gasteiger partial charge in [0.25, 0.3) is 0 Å². The van der Waals surface area contributed by atoms with E-state index in [0.717, 1.165) is 5.56 Å². The SMILES string of the molecule is C=CCOCC(O)CN(Cc1ccc(F)cc1)Cc1ccccc1F. The lowest BCUT2D eigenvalue weighted by Crippen LogP contribution is -2.34. The van der Waals surface area contributed by atoms with Crippen LogP contribution >= 0.6 is 0 Å². The fourth-order valence-electron chi connectivity index (χ4n) is 2.54. The van der Waals surface area contributed by atoms with E-state index in [1.165, 1.54) is 18.2 Å². The molecule has 1 atom stereocenters. The molecule has 2 aromatic carbocycles. The van der Waals surface area contributed by atoms with Crippen molar-refractivity contribution < 1.29 is 18.6 Å². The number of nitrogens with zero attached hydrogens (tertiary/aromatic N) is 1. The maximum absolute atomic E-state index is 14.0. The van der Waals surface area contributed by atoms with Gasteiger partial charge in [0, 0.05) is 25.2 Å². The molecule has 0 fully saturated rings. The number of ether oxygens (including phenoxy) is 1. The lowest BCUT2D eigenvalue weighted by molar-refractivity contribution is 0.0226. The molecule has 134 valence electrons. The molecule has 0 bridgehead atoms. The standard InChI is InChI=1S/C20H23F2NO2/c1-2-11-25-15-19(24)14-23(12-16-7-9-18(21)10-8-16)13-17-5-3-4-6-20(17)22/h2-10,19,24H,1,11-15H2. The summed E-state index contributed by atoms with van der Waals surface area (Å²) in [5.74, 6) is -0.591. The minimum Gasteiger partial charge on any atom is -0.389 e. The zero-order valence-electron chi connectivity index (χ0n) is 14.1. The molecule has 3 nitrogen and oxygen atoms in total. The quantitative estimate of drug-likeness (QED) is 0.527. The Morgan fingerprint density at radius 2 is 1.80 bits per heavy atom.